The van der Waals surface area contributed by atoms with Crippen LogP contribution in [0.2, 0.25) is 5.15 Å². The van der Waals surface area contributed by atoms with Crippen LogP contribution in [0.15, 0.2) is 29.4 Å². The first kappa shape index (κ1) is 14.8. The van der Waals surface area contributed by atoms with E-state index in [1.165, 1.54) is 8.71 Å². The molecule has 0 amide bonds. The van der Waals surface area contributed by atoms with Gasteiger partial charge in [0, 0.05) is 18.8 Å². The normalized spacial score (nSPS) is 16.5. The number of hydrogen-bond donors (Lipinski definition) is 1. The van der Waals surface area contributed by atoms with Crippen molar-refractivity contribution in [1.29, 1.82) is 0 Å². The molecule has 1 saturated carbocycles. The molecule has 0 radical (unpaired) electrons. The van der Waals surface area contributed by atoms with E-state index in [9.17, 15) is 13.5 Å². The SMILES string of the molecule is O=S(=O)(c1c(Cl)nc2ccccn12)N(CCO)C1CCC1. The largest absolute Gasteiger partial charge is 0.395 e. The van der Waals surface area contributed by atoms with Gasteiger partial charge in [0.1, 0.15) is 5.65 Å². The van der Waals surface area contributed by atoms with Gasteiger partial charge in [-0.3, -0.25) is 4.40 Å². The molecule has 6 nitrogen and oxygen atoms in total. The van der Waals surface area contributed by atoms with Crippen LogP contribution in [-0.2, 0) is 10.0 Å². The molecule has 2 aromatic rings. The van der Waals surface area contributed by atoms with E-state index in [4.69, 9.17) is 11.6 Å². The van der Waals surface area contributed by atoms with Crippen molar-refractivity contribution in [3.05, 3.63) is 29.5 Å². The van der Waals surface area contributed by atoms with Crippen molar-refractivity contribution in [3.63, 3.8) is 0 Å². The van der Waals surface area contributed by atoms with E-state index in [0.29, 0.717) is 5.65 Å². The fraction of sp³-hybridized carbons (Fsp3) is 0.462. The minimum Gasteiger partial charge on any atom is -0.395 e. The zero-order valence-corrected chi connectivity index (χ0v) is 12.9. The third-order valence-corrected chi connectivity index (χ3v) is 6.15. The molecule has 0 bridgehead atoms. The van der Waals surface area contributed by atoms with Gasteiger partial charge in [-0.1, -0.05) is 24.1 Å². The van der Waals surface area contributed by atoms with Crippen LogP contribution in [0.5, 0.6) is 0 Å². The van der Waals surface area contributed by atoms with Crippen molar-refractivity contribution >= 4 is 27.3 Å². The maximum absolute atomic E-state index is 12.9. The quantitative estimate of drug-likeness (QED) is 0.902. The number of aromatic nitrogens is 2. The van der Waals surface area contributed by atoms with Gasteiger partial charge in [-0.15, -0.1) is 0 Å². The Kier molecular flexibility index (Phi) is 3.92. The number of rotatable bonds is 5. The molecular formula is C13H16ClN3O3S. The summed E-state index contributed by atoms with van der Waals surface area (Å²) in [4.78, 5) is 4.09. The maximum atomic E-state index is 12.9. The molecule has 2 aromatic heterocycles. The first-order chi connectivity index (χ1) is 10.1. The molecule has 21 heavy (non-hydrogen) atoms. The van der Waals surface area contributed by atoms with Crippen LogP contribution in [0.3, 0.4) is 0 Å². The molecule has 0 aromatic carbocycles. The first-order valence-corrected chi connectivity index (χ1v) is 8.63. The molecule has 1 aliphatic carbocycles. The number of fused-ring (bicyclic) bond motifs is 1. The van der Waals surface area contributed by atoms with Crippen molar-refractivity contribution in [1.82, 2.24) is 13.7 Å². The number of aliphatic hydroxyl groups excluding tert-OH is 1. The van der Waals surface area contributed by atoms with Crippen LogP contribution < -0.4 is 0 Å². The summed E-state index contributed by atoms with van der Waals surface area (Å²) in [5.74, 6) is 0. The Morgan fingerprint density at radius 2 is 2.19 bits per heavy atom. The molecule has 0 atom stereocenters. The summed E-state index contributed by atoms with van der Waals surface area (Å²) in [5, 5.41) is 9.12. The highest BCUT2D eigenvalue weighted by Crippen LogP contribution is 2.32. The molecule has 0 saturated heterocycles. The lowest BCUT2D eigenvalue weighted by molar-refractivity contribution is 0.178. The van der Waals surface area contributed by atoms with Crippen LogP contribution in [0.1, 0.15) is 19.3 Å². The molecule has 0 unspecified atom stereocenters. The smallest absolute Gasteiger partial charge is 0.262 e. The highest BCUT2D eigenvalue weighted by molar-refractivity contribution is 7.89. The van der Waals surface area contributed by atoms with E-state index in [2.05, 4.69) is 4.98 Å². The number of aliphatic hydroxyl groups is 1. The van der Waals surface area contributed by atoms with Crippen molar-refractivity contribution in [3.8, 4) is 0 Å². The van der Waals surface area contributed by atoms with Gasteiger partial charge in [0.05, 0.1) is 6.61 Å². The van der Waals surface area contributed by atoms with Gasteiger partial charge in [-0.25, -0.2) is 13.4 Å². The number of imidazole rings is 1. The van der Waals surface area contributed by atoms with E-state index in [-0.39, 0.29) is 29.4 Å². The lowest BCUT2D eigenvalue weighted by atomic mass is 9.93. The summed E-state index contributed by atoms with van der Waals surface area (Å²) in [7, 11) is -3.80. The molecule has 1 fully saturated rings. The predicted molar refractivity (Wildman–Crippen MR) is 78.8 cm³/mol. The minimum atomic E-state index is -3.80. The standard InChI is InChI=1S/C13H16ClN3O3S/c14-12-13(16-7-2-1-6-11(16)15-12)21(19,20)17(8-9-18)10-4-3-5-10/h1-2,6-7,10,18H,3-5,8-9H2. The van der Waals surface area contributed by atoms with Gasteiger partial charge in [0.25, 0.3) is 10.0 Å². The van der Waals surface area contributed by atoms with Crippen molar-refractivity contribution < 1.29 is 13.5 Å². The Labute approximate surface area is 128 Å². The van der Waals surface area contributed by atoms with E-state index in [0.717, 1.165) is 19.3 Å². The van der Waals surface area contributed by atoms with Crippen molar-refractivity contribution in [2.24, 2.45) is 0 Å². The fourth-order valence-electron chi connectivity index (χ4n) is 2.56. The van der Waals surface area contributed by atoms with Crippen molar-refractivity contribution in [2.75, 3.05) is 13.2 Å². The number of sulfonamides is 1. The monoisotopic (exact) mass is 329 g/mol. The van der Waals surface area contributed by atoms with E-state index < -0.39 is 10.0 Å². The van der Waals surface area contributed by atoms with E-state index >= 15 is 0 Å². The van der Waals surface area contributed by atoms with Crippen LogP contribution in [0, 0.1) is 0 Å². The molecule has 1 N–H and O–H groups in total. The van der Waals surface area contributed by atoms with Gasteiger partial charge >= 0.3 is 0 Å². The minimum absolute atomic E-state index is 0.0277. The Morgan fingerprint density at radius 1 is 1.43 bits per heavy atom. The molecule has 8 heteroatoms. The average molecular weight is 330 g/mol. The van der Waals surface area contributed by atoms with Crippen molar-refractivity contribution in [2.45, 2.75) is 30.3 Å². The van der Waals surface area contributed by atoms with Gasteiger partial charge < -0.3 is 5.11 Å². The molecule has 114 valence electrons. The number of hydrogen-bond acceptors (Lipinski definition) is 4. The van der Waals surface area contributed by atoms with Gasteiger partial charge in [-0.05, 0) is 25.0 Å². The topological polar surface area (TPSA) is 74.9 Å². The Balaban J connectivity index is 2.12. The lowest BCUT2D eigenvalue weighted by Crippen LogP contribution is -2.45. The maximum Gasteiger partial charge on any atom is 0.262 e. The Bertz CT molecular complexity index is 755. The molecular weight excluding hydrogens is 314 g/mol. The zero-order chi connectivity index (χ0) is 15.0. The highest BCUT2D eigenvalue weighted by Gasteiger charge is 2.37. The Hall–Kier alpha value is -1.15. The molecule has 1 aliphatic rings. The first-order valence-electron chi connectivity index (χ1n) is 6.81. The number of nitrogens with zero attached hydrogens (tertiary/aromatic N) is 3. The molecule has 0 spiro atoms. The molecule has 3 rings (SSSR count). The summed E-state index contributed by atoms with van der Waals surface area (Å²) >= 11 is 6.06. The summed E-state index contributed by atoms with van der Waals surface area (Å²) in [6, 6.07) is 5.13. The van der Waals surface area contributed by atoms with Crippen LogP contribution in [0.25, 0.3) is 5.65 Å². The third kappa shape index (κ3) is 2.44. The molecule has 0 aliphatic heterocycles. The van der Waals surface area contributed by atoms with Gasteiger partial charge in [-0.2, -0.15) is 4.31 Å². The second kappa shape index (κ2) is 5.57. The number of halogens is 1. The summed E-state index contributed by atoms with van der Waals surface area (Å²) in [6.45, 7) is -0.145. The zero-order valence-electron chi connectivity index (χ0n) is 11.3. The lowest BCUT2D eigenvalue weighted by Gasteiger charge is -2.35. The van der Waals surface area contributed by atoms with E-state index in [1.54, 1.807) is 24.4 Å². The van der Waals surface area contributed by atoms with E-state index in [1.807, 2.05) is 0 Å². The third-order valence-electron chi connectivity index (χ3n) is 3.80. The average Bonchev–Trinajstić information content (AvgIpc) is 2.72. The molecule has 2 heterocycles. The Morgan fingerprint density at radius 3 is 2.81 bits per heavy atom. The summed E-state index contributed by atoms with van der Waals surface area (Å²) < 4.78 is 28.7. The summed E-state index contributed by atoms with van der Waals surface area (Å²) in [6.07, 6.45) is 4.25. The summed E-state index contributed by atoms with van der Waals surface area (Å²) in [5.41, 5.74) is 0.485. The van der Waals surface area contributed by atoms with Crippen LogP contribution in [0.4, 0.5) is 0 Å². The second-order valence-electron chi connectivity index (χ2n) is 5.06. The fourth-order valence-corrected chi connectivity index (χ4v) is 4.84. The van der Waals surface area contributed by atoms with Crippen LogP contribution in [-0.4, -0.2) is 46.4 Å². The number of pyridine rings is 1. The predicted octanol–water partition coefficient (Wildman–Crippen LogP) is 1.52. The van der Waals surface area contributed by atoms with Gasteiger partial charge in [0.2, 0.25) is 0 Å². The highest BCUT2D eigenvalue weighted by atomic mass is 35.5. The second-order valence-corrected chi connectivity index (χ2v) is 7.22. The van der Waals surface area contributed by atoms with Gasteiger partial charge in [0.15, 0.2) is 10.2 Å². The van der Waals surface area contributed by atoms with Crippen LogP contribution >= 0.6 is 11.6 Å².